The van der Waals surface area contributed by atoms with E-state index in [0.29, 0.717) is 29.3 Å². The van der Waals surface area contributed by atoms with E-state index in [1.807, 2.05) is 12.1 Å². The van der Waals surface area contributed by atoms with Crippen LogP contribution in [0.2, 0.25) is 5.02 Å². The molecule has 1 aliphatic carbocycles. The van der Waals surface area contributed by atoms with E-state index in [1.165, 1.54) is 4.90 Å². The highest BCUT2D eigenvalue weighted by Gasteiger charge is 2.52. The maximum absolute atomic E-state index is 12.6. The third kappa shape index (κ3) is 2.47. The molecule has 2 heterocycles. The Bertz CT molecular complexity index is 794. The van der Waals surface area contributed by atoms with E-state index in [4.69, 9.17) is 16.1 Å². The van der Waals surface area contributed by atoms with Crippen LogP contribution >= 0.6 is 11.6 Å². The van der Waals surface area contributed by atoms with Gasteiger partial charge in [-0.25, -0.2) is 4.79 Å². The highest BCUT2D eigenvalue weighted by atomic mass is 35.5. The van der Waals surface area contributed by atoms with Crippen LogP contribution in [-0.2, 0) is 11.3 Å². The lowest BCUT2D eigenvalue weighted by molar-refractivity contribution is -0.131. The van der Waals surface area contributed by atoms with Crippen LogP contribution in [-0.4, -0.2) is 27.5 Å². The second-order valence-corrected chi connectivity index (χ2v) is 6.73. The first-order valence-electron chi connectivity index (χ1n) is 7.93. The predicted molar refractivity (Wildman–Crippen MR) is 87.2 cm³/mol. The summed E-state index contributed by atoms with van der Waals surface area (Å²) in [4.78, 5) is 26.0. The first kappa shape index (κ1) is 15.2. The molecule has 1 spiro atoms. The molecular formula is C17H16ClN3O3. The number of rotatable bonds is 3. The lowest BCUT2D eigenvalue weighted by Crippen LogP contribution is -2.44. The fraction of sp³-hybridized carbons (Fsp3) is 0.353. The van der Waals surface area contributed by atoms with Gasteiger partial charge in [-0.2, -0.15) is 0 Å². The topological polar surface area (TPSA) is 75.4 Å². The van der Waals surface area contributed by atoms with E-state index in [9.17, 15) is 9.59 Å². The summed E-state index contributed by atoms with van der Waals surface area (Å²) in [7, 11) is 0. The van der Waals surface area contributed by atoms with Crippen LogP contribution in [0.3, 0.4) is 0 Å². The second kappa shape index (κ2) is 5.63. The van der Waals surface area contributed by atoms with E-state index in [0.717, 1.165) is 18.4 Å². The summed E-state index contributed by atoms with van der Waals surface area (Å²) < 4.78 is 5.30. The van der Waals surface area contributed by atoms with Crippen LogP contribution < -0.4 is 5.32 Å². The molecule has 1 N–H and O–H groups in total. The third-order valence-corrected chi connectivity index (χ3v) is 4.97. The molecule has 2 aromatic rings. The van der Waals surface area contributed by atoms with Crippen molar-refractivity contribution in [3.05, 3.63) is 41.1 Å². The lowest BCUT2D eigenvalue weighted by Gasteiger charge is -2.19. The smallest absolute Gasteiger partial charge is 0.325 e. The Morgan fingerprint density at radius 3 is 2.62 bits per heavy atom. The van der Waals surface area contributed by atoms with Crippen molar-refractivity contribution in [3.8, 4) is 11.3 Å². The van der Waals surface area contributed by atoms with Gasteiger partial charge in [0.1, 0.15) is 11.2 Å². The van der Waals surface area contributed by atoms with Crippen molar-refractivity contribution in [2.24, 2.45) is 0 Å². The molecule has 2 fully saturated rings. The quantitative estimate of drug-likeness (QED) is 0.865. The fourth-order valence-corrected chi connectivity index (χ4v) is 3.56. The van der Waals surface area contributed by atoms with Crippen LogP contribution in [0.25, 0.3) is 11.3 Å². The minimum atomic E-state index is -0.698. The summed E-state index contributed by atoms with van der Waals surface area (Å²) in [5.74, 6) is 0.313. The number of carbonyl (C=O) groups is 2. The summed E-state index contributed by atoms with van der Waals surface area (Å²) >= 11 is 5.88. The number of carbonyl (C=O) groups excluding carboxylic acids is 2. The van der Waals surface area contributed by atoms with Gasteiger partial charge in [-0.3, -0.25) is 9.69 Å². The number of urea groups is 1. The van der Waals surface area contributed by atoms with E-state index in [2.05, 4.69) is 10.5 Å². The zero-order chi connectivity index (χ0) is 16.7. The average Bonchev–Trinajstić information content (AvgIpc) is 3.27. The van der Waals surface area contributed by atoms with Gasteiger partial charge in [0.25, 0.3) is 5.91 Å². The molecule has 0 unspecified atom stereocenters. The SMILES string of the molecule is O=C1NC2(CCCC2)C(=O)N1Cc1cc(-c2ccc(Cl)cc2)no1. The molecule has 1 aliphatic heterocycles. The number of amides is 3. The molecule has 6 nitrogen and oxygen atoms in total. The van der Waals surface area contributed by atoms with Crippen LogP contribution in [0.5, 0.6) is 0 Å². The van der Waals surface area contributed by atoms with Crippen molar-refractivity contribution in [2.45, 2.75) is 37.8 Å². The molecule has 4 rings (SSSR count). The van der Waals surface area contributed by atoms with Crippen LogP contribution in [0.4, 0.5) is 4.79 Å². The monoisotopic (exact) mass is 345 g/mol. The molecular weight excluding hydrogens is 330 g/mol. The molecule has 24 heavy (non-hydrogen) atoms. The van der Waals surface area contributed by atoms with Crippen molar-refractivity contribution < 1.29 is 14.1 Å². The largest absolute Gasteiger partial charge is 0.359 e. The minimum Gasteiger partial charge on any atom is -0.359 e. The maximum Gasteiger partial charge on any atom is 0.325 e. The van der Waals surface area contributed by atoms with Gasteiger partial charge in [0.05, 0.1) is 6.54 Å². The number of hydrogen-bond acceptors (Lipinski definition) is 4. The van der Waals surface area contributed by atoms with Gasteiger partial charge in [-0.05, 0) is 25.0 Å². The number of imide groups is 1. The summed E-state index contributed by atoms with van der Waals surface area (Å²) in [5.41, 5.74) is 0.805. The standard InChI is InChI=1S/C17H16ClN3O3/c18-12-5-3-11(4-6-12)14-9-13(24-20-14)10-21-15(22)17(19-16(21)23)7-1-2-8-17/h3-6,9H,1-2,7-8,10H2,(H,19,23). The Labute approximate surface area is 143 Å². The lowest BCUT2D eigenvalue weighted by atomic mass is 9.98. The molecule has 3 amide bonds. The molecule has 2 aliphatic rings. The number of nitrogens with one attached hydrogen (secondary N) is 1. The van der Waals surface area contributed by atoms with E-state index in [-0.39, 0.29) is 18.5 Å². The van der Waals surface area contributed by atoms with Gasteiger partial charge in [0.15, 0.2) is 5.76 Å². The van der Waals surface area contributed by atoms with Gasteiger partial charge in [-0.15, -0.1) is 0 Å². The number of halogens is 1. The Balaban J connectivity index is 1.53. The van der Waals surface area contributed by atoms with Gasteiger partial charge in [0.2, 0.25) is 0 Å². The summed E-state index contributed by atoms with van der Waals surface area (Å²) in [6, 6.07) is 8.60. The first-order chi connectivity index (χ1) is 11.6. The molecule has 0 radical (unpaired) electrons. The van der Waals surface area contributed by atoms with E-state index in [1.54, 1.807) is 18.2 Å². The average molecular weight is 346 g/mol. The predicted octanol–water partition coefficient (Wildman–Crippen LogP) is 3.36. The van der Waals surface area contributed by atoms with E-state index >= 15 is 0 Å². The molecule has 1 saturated heterocycles. The molecule has 1 aromatic heterocycles. The number of aromatic nitrogens is 1. The highest BCUT2D eigenvalue weighted by molar-refractivity contribution is 6.30. The Hall–Kier alpha value is -2.34. The Morgan fingerprint density at radius 2 is 1.92 bits per heavy atom. The van der Waals surface area contributed by atoms with Crippen molar-refractivity contribution >= 4 is 23.5 Å². The van der Waals surface area contributed by atoms with Gasteiger partial charge >= 0.3 is 6.03 Å². The maximum atomic E-state index is 12.6. The number of benzene rings is 1. The van der Waals surface area contributed by atoms with Crippen molar-refractivity contribution in [3.63, 3.8) is 0 Å². The normalized spacial score (nSPS) is 19.3. The number of hydrogen-bond donors (Lipinski definition) is 1. The van der Waals surface area contributed by atoms with Crippen LogP contribution in [0.1, 0.15) is 31.4 Å². The molecule has 7 heteroatoms. The Morgan fingerprint density at radius 1 is 1.21 bits per heavy atom. The fourth-order valence-electron chi connectivity index (χ4n) is 3.44. The first-order valence-corrected chi connectivity index (χ1v) is 8.31. The van der Waals surface area contributed by atoms with Crippen LogP contribution in [0, 0.1) is 0 Å². The summed E-state index contributed by atoms with van der Waals surface area (Å²) in [6.45, 7) is 0.0903. The molecule has 0 bridgehead atoms. The molecule has 0 atom stereocenters. The second-order valence-electron chi connectivity index (χ2n) is 6.30. The van der Waals surface area contributed by atoms with Crippen molar-refractivity contribution in [1.29, 1.82) is 0 Å². The summed E-state index contributed by atoms with van der Waals surface area (Å²) in [5, 5.41) is 7.51. The Kier molecular flexibility index (Phi) is 3.57. The van der Waals surface area contributed by atoms with Crippen molar-refractivity contribution in [1.82, 2.24) is 15.4 Å². The summed E-state index contributed by atoms with van der Waals surface area (Å²) in [6.07, 6.45) is 3.34. The van der Waals surface area contributed by atoms with Crippen LogP contribution in [0.15, 0.2) is 34.9 Å². The minimum absolute atomic E-state index is 0.0903. The molecule has 1 saturated carbocycles. The van der Waals surface area contributed by atoms with Gasteiger partial charge in [-0.1, -0.05) is 41.7 Å². The zero-order valence-corrected chi connectivity index (χ0v) is 13.7. The zero-order valence-electron chi connectivity index (χ0n) is 12.9. The van der Waals surface area contributed by atoms with Gasteiger partial charge < -0.3 is 9.84 Å². The molecule has 124 valence electrons. The van der Waals surface area contributed by atoms with Crippen molar-refractivity contribution in [2.75, 3.05) is 0 Å². The van der Waals surface area contributed by atoms with E-state index < -0.39 is 5.54 Å². The van der Waals surface area contributed by atoms with Gasteiger partial charge in [0, 0.05) is 16.7 Å². The third-order valence-electron chi connectivity index (χ3n) is 4.72. The number of nitrogens with zero attached hydrogens (tertiary/aromatic N) is 2. The molecule has 1 aromatic carbocycles. The highest BCUT2D eigenvalue weighted by Crippen LogP contribution is 2.35.